The van der Waals surface area contributed by atoms with Gasteiger partial charge in [0.15, 0.2) is 11.5 Å². The smallest absolute Gasteiger partial charge is 0.243 e. The molecule has 1 unspecified atom stereocenters. The van der Waals surface area contributed by atoms with Crippen LogP contribution in [0, 0.1) is 5.82 Å². The molecule has 1 N–H and O–H groups in total. The third-order valence-electron chi connectivity index (χ3n) is 6.04. The third kappa shape index (κ3) is 8.07. The molecule has 0 aliphatic carbocycles. The van der Waals surface area contributed by atoms with Crippen LogP contribution >= 0.6 is 0 Å². The molecule has 0 fully saturated rings. The summed E-state index contributed by atoms with van der Waals surface area (Å²) in [6, 6.07) is 20.4. The summed E-state index contributed by atoms with van der Waals surface area (Å²) < 4.78 is 24.3. The minimum absolute atomic E-state index is 0.0830. The van der Waals surface area contributed by atoms with Gasteiger partial charge in [-0.3, -0.25) is 9.59 Å². The van der Waals surface area contributed by atoms with Crippen LogP contribution < -0.4 is 14.8 Å². The van der Waals surface area contributed by atoms with Crippen molar-refractivity contribution in [3.05, 3.63) is 95.3 Å². The summed E-state index contributed by atoms with van der Waals surface area (Å²) in [7, 11) is 3.14. The molecule has 0 aromatic heterocycles. The minimum atomic E-state index is -0.729. The SMILES string of the molecule is COc1ccc(CCC(=O)N(Cc2ccc(F)cc2)C(Cc2ccccc2)C(=O)NC(C)C)cc1OC. The Kier molecular flexibility index (Phi) is 10.1. The lowest BCUT2D eigenvalue weighted by molar-refractivity contribution is -0.141. The molecule has 0 heterocycles. The van der Waals surface area contributed by atoms with E-state index in [0.29, 0.717) is 24.3 Å². The zero-order valence-corrected chi connectivity index (χ0v) is 21.9. The van der Waals surface area contributed by atoms with Crippen molar-refractivity contribution in [2.75, 3.05) is 14.2 Å². The average molecular weight is 507 g/mol. The first-order valence-electron chi connectivity index (χ1n) is 12.4. The topological polar surface area (TPSA) is 67.9 Å². The maximum Gasteiger partial charge on any atom is 0.243 e. The van der Waals surface area contributed by atoms with E-state index >= 15 is 0 Å². The van der Waals surface area contributed by atoms with E-state index in [0.717, 1.165) is 16.7 Å². The summed E-state index contributed by atoms with van der Waals surface area (Å²) in [6.07, 6.45) is 1.02. The lowest BCUT2D eigenvalue weighted by atomic mass is 10.0. The van der Waals surface area contributed by atoms with Gasteiger partial charge in [0.1, 0.15) is 11.9 Å². The highest BCUT2D eigenvalue weighted by atomic mass is 19.1. The van der Waals surface area contributed by atoms with Crippen molar-refractivity contribution in [1.29, 1.82) is 0 Å². The molecule has 2 amide bonds. The van der Waals surface area contributed by atoms with Crippen LogP contribution in [0.1, 0.15) is 37.0 Å². The molecule has 37 heavy (non-hydrogen) atoms. The second kappa shape index (κ2) is 13.4. The Balaban J connectivity index is 1.90. The largest absolute Gasteiger partial charge is 0.493 e. The third-order valence-corrected chi connectivity index (χ3v) is 6.04. The Morgan fingerprint density at radius 1 is 0.865 bits per heavy atom. The van der Waals surface area contributed by atoms with Crippen molar-refractivity contribution < 1.29 is 23.5 Å². The maximum atomic E-state index is 13.7. The van der Waals surface area contributed by atoms with Crippen LogP contribution in [0.25, 0.3) is 0 Å². The number of nitrogens with zero attached hydrogens (tertiary/aromatic N) is 1. The molecule has 7 heteroatoms. The van der Waals surface area contributed by atoms with Gasteiger partial charge in [0.25, 0.3) is 0 Å². The second-order valence-corrected chi connectivity index (χ2v) is 9.21. The van der Waals surface area contributed by atoms with Crippen molar-refractivity contribution in [1.82, 2.24) is 10.2 Å². The molecule has 0 spiro atoms. The fourth-order valence-electron chi connectivity index (χ4n) is 4.15. The van der Waals surface area contributed by atoms with Gasteiger partial charge < -0.3 is 19.7 Å². The molecular formula is C30H35FN2O4. The Bertz CT molecular complexity index is 1170. The molecule has 0 saturated heterocycles. The first kappa shape index (κ1) is 27.7. The first-order valence-corrected chi connectivity index (χ1v) is 12.4. The van der Waals surface area contributed by atoms with Gasteiger partial charge in [-0.2, -0.15) is 0 Å². The normalized spacial score (nSPS) is 11.6. The van der Waals surface area contributed by atoms with Crippen molar-refractivity contribution in [2.24, 2.45) is 0 Å². The number of amides is 2. The van der Waals surface area contributed by atoms with E-state index in [1.54, 1.807) is 31.3 Å². The van der Waals surface area contributed by atoms with E-state index in [1.807, 2.05) is 62.4 Å². The van der Waals surface area contributed by atoms with Gasteiger partial charge in [0, 0.05) is 25.4 Å². The summed E-state index contributed by atoms with van der Waals surface area (Å²) in [4.78, 5) is 28.7. The predicted molar refractivity (Wildman–Crippen MR) is 142 cm³/mol. The van der Waals surface area contributed by atoms with Crippen molar-refractivity contribution >= 4 is 11.8 Å². The number of nitrogens with one attached hydrogen (secondary N) is 1. The zero-order valence-electron chi connectivity index (χ0n) is 21.9. The van der Waals surface area contributed by atoms with Crippen LogP contribution in [0.5, 0.6) is 11.5 Å². The number of hydrogen-bond acceptors (Lipinski definition) is 4. The Morgan fingerprint density at radius 3 is 2.14 bits per heavy atom. The van der Waals surface area contributed by atoms with E-state index in [4.69, 9.17) is 9.47 Å². The maximum absolute atomic E-state index is 13.7. The number of hydrogen-bond donors (Lipinski definition) is 1. The van der Waals surface area contributed by atoms with E-state index in [1.165, 1.54) is 12.1 Å². The number of rotatable bonds is 12. The fourth-order valence-corrected chi connectivity index (χ4v) is 4.15. The highest BCUT2D eigenvalue weighted by molar-refractivity contribution is 5.88. The fraction of sp³-hybridized carbons (Fsp3) is 0.333. The van der Waals surface area contributed by atoms with E-state index in [-0.39, 0.29) is 36.6 Å². The Hall–Kier alpha value is -3.87. The number of ether oxygens (including phenoxy) is 2. The van der Waals surface area contributed by atoms with Crippen molar-refractivity contribution in [3.63, 3.8) is 0 Å². The predicted octanol–water partition coefficient (Wildman–Crippen LogP) is 4.94. The first-order chi connectivity index (χ1) is 17.8. The summed E-state index contributed by atoms with van der Waals surface area (Å²) in [5, 5.41) is 2.97. The van der Waals surface area contributed by atoms with E-state index in [9.17, 15) is 14.0 Å². The highest BCUT2D eigenvalue weighted by Gasteiger charge is 2.30. The summed E-state index contributed by atoms with van der Waals surface area (Å²) in [6.45, 7) is 3.97. The van der Waals surface area contributed by atoms with Crippen LogP contribution in [0.4, 0.5) is 4.39 Å². The number of carbonyl (C=O) groups excluding carboxylic acids is 2. The van der Waals surface area contributed by atoms with Gasteiger partial charge in [-0.1, -0.05) is 48.5 Å². The van der Waals surface area contributed by atoms with Gasteiger partial charge in [0.05, 0.1) is 14.2 Å². The number of benzene rings is 3. The van der Waals surface area contributed by atoms with Gasteiger partial charge in [-0.05, 0) is 61.2 Å². The van der Waals surface area contributed by atoms with Crippen LogP contribution in [0.3, 0.4) is 0 Å². The monoisotopic (exact) mass is 506 g/mol. The zero-order chi connectivity index (χ0) is 26.8. The van der Waals surface area contributed by atoms with Gasteiger partial charge in [0.2, 0.25) is 11.8 Å². The average Bonchev–Trinajstić information content (AvgIpc) is 2.90. The molecule has 3 rings (SSSR count). The van der Waals surface area contributed by atoms with Gasteiger partial charge in [-0.25, -0.2) is 4.39 Å². The van der Waals surface area contributed by atoms with Gasteiger partial charge in [-0.15, -0.1) is 0 Å². The number of methoxy groups -OCH3 is 2. The second-order valence-electron chi connectivity index (χ2n) is 9.21. The molecular weight excluding hydrogens is 471 g/mol. The summed E-state index contributed by atoms with van der Waals surface area (Å²) in [5.41, 5.74) is 2.61. The van der Waals surface area contributed by atoms with Crippen LogP contribution in [0.2, 0.25) is 0 Å². The molecule has 0 aliphatic rings. The lowest BCUT2D eigenvalue weighted by Gasteiger charge is -2.32. The summed E-state index contributed by atoms with van der Waals surface area (Å²) >= 11 is 0. The Labute approximate surface area is 218 Å². The molecule has 3 aromatic rings. The number of carbonyl (C=O) groups is 2. The molecule has 0 aliphatic heterocycles. The van der Waals surface area contributed by atoms with Crippen LogP contribution in [-0.4, -0.2) is 43.0 Å². The molecule has 1 atom stereocenters. The quantitative estimate of drug-likeness (QED) is 0.378. The number of aryl methyl sites for hydroxylation is 1. The van der Waals surface area contributed by atoms with Crippen LogP contribution in [-0.2, 0) is 29.0 Å². The van der Waals surface area contributed by atoms with E-state index < -0.39 is 6.04 Å². The molecule has 196 valence electrons. The molecule has 3 aromatic carbocycles. The highest BCUT2D eigenvalue weighted by Crippen LogP contribution is 2.28. The molecule has 0 radical (unpaired) electrons. The lowest BCUT2D eigenvalue weighted by Crippen LogP contribution is -2.51. The van der Waals surface area contributed by atoms with E-state index in [2.05, 4.69) is 5.32 Å². The number of halogens is 1. The van der Waals surface area contributed by atoms with Crippen molar-refractivity contribution in [2.45, 2.75) is 51.7 Å². The van der Waals surface area contributed by atoms with Crippen molar-refractivity contribution in [3.8, 4) is 11.5 Å². The van der Waals surface area contributed by atoms with Gasteiger partial charge >= 0.3 is 0 Å². The minimum Gasteiger partial charge on any atom is -0.493 e. The standard InChI is InChI=1S/C30H35FN2O4/c1-21(2)32-30(35)26(18-22-8-6-5-7-9-22)33(20-24-10-14-25(31)15-11-24)29(34)17-13-23-12-16-27(36-3)28(19-23)37-4/h5-12,14-16,19,21,26H,13,17-18,20H2,1-4H3,(H,32,35). The summed E-state index contributed by atoms with van der Waals surface area (Å²) in [5.74, 6) is 0.463. The molecule has 0 saturated carbocycles. The molecule has 6 nitrogen and oxygen atoms in total. The molecule has 0 bridgehead atoms. The van der Waals surface area contributed by atoms with Crippen LogP contribution in [0.15, 0.2) is 72.8 Å². The Morgan fingerprint density at radius 2 is 1.51 bits per heavy atom.